The van der Waals surface area contributed by atoms with Crippen LogP contribution in [0, 0.1) is 0 Å². The van der Waals surface area contributed by atoms with Gasteiger partial charge in [-0.1, -0.05) is 6.92 Å². The Bertz CT molecular complexity index is 634. The second-order valence-electron chi connectivity index (χ2n) is 4.13. The maximum atomic E-state index is 11.0. The highest BCUT2D eigenvalue weighted by Crippen LogP contribution is 2.28. The summed E-state index contributed by atoms with van der Waals surface area (Å²) in [7, 11) is 3.12. The van der Waals surface area contributed by atoms with Crippen molar-refractivity contribution in [2.45, 2.75) is 13.3 Å². The lowest BCUT2D eigenvalue weighted by Crippen LogP contribution is -2.05. The molecule has 0 aliphatic carbocycles. The number of carbonyl (C=O) groups is 1. The fourth-order valence-corrected chi connectivity index (χ4v) is 1.94. The van der Waals surface area contributed by atoms with E-state index in [-0.39, 0.29) is 5.69 Å². The summed E-state index contributed by atoms with van der Waals surface area (Å²) >= 11 is 0. The summed E-state index contributed by atoms with van der Waals surface area (Å²) in [5.41, 5.74) is 1.49. The Labute approximate surface area is 116 Å². The monoisotopic (exact) mass is 276 g/mol. The van der Waals surface area contributed by atoms with Gasteiger partial charge in [-0.3, -0.25) is 0 Å². The molecule has 20 heavy (non-hydrogen) atoms. The minimum Gasteiger partial charge on any atom is -0.497 e. The molecule has 106 valence electrons. The summed E-state index contributed by atoms with van der Waals surface area (Å²) in [5, 5.41) is 13.2. The molecule has 0 saturated heterocycles. The second-order valence-corrected chi connectivity index (χ2v) is 4.13. The summed E-state index contributed by atoms with van der Waals surface area (Å²) in [6, 6.07) is 6.86. The lowest BCUT2D eigenvalue weighted by molar-refractivity contribution is 0.0690. The highest BCUT2D eigenvalue weighted by atomic mass is 16.5. The number of benzene rings is 1. The fourth-order valence-electron chi connectivity index (χ4n) is 1.94. The highest BCUT2D eigenvalue weighted by molar-refractivity contribution is 5.85. The van der Waals surface area contributed by atoms with Crippen molar-refractivity contribution in [1.82, 2.24) is 9.78 Å². The largest absolute Gasteiger partial charge is 0.497 e. The lowest BCUT2D eigenvalue weighted by atomic mass is 10.2. The molecule has 0 amide bonds. The first-order valence-electron chi connectivity index (χ1n) is 6.15. The first kappa shape index (κ1) is 13.9. The molecule has 1 N–H and O–H groups in total. The molecule has 2 rings (SSSR count). The zero-order valence-corrected chi connectivity index (χ0v) is 11.6. The maximum absolute atomic E-state index is 11.0. The predicted molar refractivity (Wildman–Crippen MR) is 73.0 cm³/mol. The van der Waals surface area contributed by atoms with Gasteiger partial charge in [0, 0.05) is 11.8 Å². The van der Waals surface area contributed by atoms with Crippen molar-refractivity contribution in [1.29, 1.82) is 0 Å². The SMILES string of the molecule is CCc1cc(C(=O)O)nn1-c1ccc(OC)cc1OC. The summed E-state index contributed by atoms with van der Waals surface area (Å²) < 4.78 is 12.1. The van der Waals surface area contributed by atoms with Gasteiger partial charge in [0.1, 0.15) is 17.2 Å². The van der Waals surface area contributed by atoms with E-state index >= 15 is 0 Å². The highest BCUT2D eigenvalue weighted by Gasteiger charge is 2.16. The number of aryl methyl sites for hydroxylation is 1. The zero-order chi connectivity index (χ0) is 14.7. The molecular weight excluding hydrogens is 260 g/mol. The topological polar surface area (TPSA) is 73.6 Å². The van der Waals surface area contributed by atoms with Gasteiger partial charge in [-0.15, -0.1) is 0 Å². The summed E-state index contributed by atoms with van der Waals surface area (Å²) in [6.45, 7) is 1.94. The van der Waals surface area contributed by atoms with Crippen LogP contribution < -0.4 is 9.47 Å². The quantitative estimate of drug-likeness (QED) is 0.905. The minimum absolute atomic E-state index is 0.0136. The van der Waals surface area contributed by atoms with E-state index in [1.54, 1.807) is 43.2 Å². The summed E-state index contributed by atoms with van der Waals surface area (Å²) in [4.78, 5) is 11.0. The van der Waals surface area contributed by atoms with Crippen molar-refractivity contribution in [3.8, 4) is 17.2 Å². The van der Waals surface area contributed by atoms with Crippen molar-refractivity contribution < 1.29 is 19.4 Å². The predicted octanol–water partition coefficient (Wildman–Crippen LogP) is 2.15. The average Bonchev–Trinajstić information content (AvgIpc) is 2.90. The second kappa shape index (κ2) is 5.64. The normalized spacial score (nSPS) is 10.3. The van der Waals surface area contributed by atoms with E-state index in [1.165, 1.54) is 0 Å². The third-order valence-electron chi connectivity index (χ3n) is 2.98. The molecule has 0 unspecified atom stereocenters. The number of aromatic nitrogens is 2. The Hall–Kier alpha value is -2.50. The molecule has 2 aromatic rings. The first-order chi connectivity index (χ1) is 9.60. The standard InChI is InChI=1S/C14H16N2O4/c1-4-9-7-11(14(17)18)15-16(9)12-6-5-10(19-2)8-13(12)20-3/h5-8H,4H2,1-3H3,(H,17,18). The van der Waals surface area contributed by atoms with E-state index in [0.717, 1.165) is 5.69 Å². The molecule has 0 aliphatic rings. The van der Waals surface area contributed by atoms with Crippen molar-refractivity contribution in [2.75, 3.05) is 14.2 Å². The number of hydrogen-bond donors (Lipinski definition) is 1. The van der Waals surface area contributed by atoms with Crippen LogP contribution in [-0.4, -0.2) is 35.1 Å². The van der Waals surface area contributed by atoms with Crippen LogP contribution in [0.5, 0.6) is 11.5 Å². The molecule has 0 fully saturated rings. The summed E-state index contributed by atoms with van der Waals surface area (Å²) in [5.74, 6) is 0.180. The number of carboxylic acids is 1. The first-order valence-corrected chi connectivity index (χ1v) is 6.15. The van der Waals surface area contributed by atoms with Crippen LogP contribution in [-0.2, 0) is 6.42 Å². The van der Waals surface area contributed by atoms with Crippen LogP contribution in [0.3, 0.4) is 0 Å². The van der Waals surface area contributed by atoms with Crippen LogP contribution in [0.15, 0.2) is 24.3 Å². The average molecular weight is 276 g/mol. The van der Waals surface area contributed by atoms with E-state index < -0.39 is 5.97 Å². The van der Waals surface area contributed by atoms with Gasteiger partial charge in [0.05, 0.1) is 14.2 Å². The fraction of sp³-hybridized carbons (Fsp3) is 0.286. The third kappa shape index (κ3) is 2.45. The van der Waals surface area contributed by atoms with Crippen LogP contribution in [0.1, 0.15) is 23.1 Å². The Morgan fingerprint density at radius 2 is 2.05 bits per heavy atom. The van der Waals surface area contributed by atoms with Gasteiger partial charge >= 0.3 is 5.97 Å². The van der Waals surface area contributed by atoms with E-state index in [0.29, 0.717) is 23.6 Å². The van der Waals surface area contributed by atoms with Gasteiger partial charge in [-0.2, -0.15) is 5.10 Å². The van der Waals surface area contributed by atoms with E-state index in [4.69, 9.17) is 14.6 Å². The van der Waals surface area contributed by atoms with Gasteiger partial charge in [0.25, 0.3) is 0 Å². The molecule has 0 atom stereocenters. The Kier molecular flexibility index (Phi) is 3.93. The lowest BCUT2D eigenvalue weighted by Gasteiger charge is -2.12. The number of hydrogen-bond acceptors (Lipinski definition) is 4. The number of nitrogens with zero attached hydrogens (tertiary/aromatic N) is 2. The molecule has 1 heterocycles. The van der Waals surface area contributed by atoms with Gasteiger partial charge in [0.15, 0.2) is 5.69 Å². The van der Waals surface area contributed by atoms with Gasteiger partial charge in [-0.25, -0.2) is 9.48 Å². The van der Waals surface area contributed by atoms with Crippen molar-refractivity contribution in [2.24, 2.45) is 0 Å². The van der Waals surface area contributed by atoms with Crippen molar-refractivity contribution in [3.05, 3.63) is 35.7 Å². The van der Waals surface area contributed by atoms with E-state index in [2.05, 4.69) is 5.10 Å². The van der Waals surface area contributed by atoms with Crippen molar-refractivity contribution >= 4 is 5.97 Å². The smallest absolute Gasteiger partial charge is 0.356 e. The van der Waals surface area contributed by atoms with Crippen LogP contribution in [0.2, 0.25) is 0 Å². The van der Waals surface area contributed by atoms with E-state index in [9.17, 15) is 4.79 Å². The van der Waals surface area contributed by atoms with Crippen LogP contribution in [0.25, 0.3) is 5.69 Å². The number of rotatable bonds is 5. The molecule has 1 aromatic carbocycles. The molecule has 0 radical (unpaired) electrons. The Morgan fingerprint density at radius 1 is 1.30 bits per heavy atom. The van der Waals surface area contributed by atoms with E-state index in [1.807, 2.05) is 6.92 Å². The maximum Gasteiger partial charge on any atom is 0.356 e. The molecule has 0 bridgehead atoms. The third-order valence-corrected chi connectivity index (χ3v) is 2.98. The molecule has 0 saturated carbocycles. The number of methoxy groups -OCH3 is 2. The molecular formula is C14H16N2O4. The summed E-state index contributed by atoms with van der Waals surface area (Å²) in [6.07, 6.45) is 0.662. The molecule has 6 nitrogen and oxygen atoms in total. The number of carboxylic acid groups (broad SMARTS) is 1. The van der Waals surface area contributed by atoms with Gasteiger partial charge < -0.3 is 14.6 Å². The molecule has 1 aromatic heterocycles. The molecule has 0 spiro atoms. The Balaban J connectivity index is 2.58. The Morgan fingerprint density at radius 3 is 2.60 bits per heavy atom. The van der Waals surface area contributed by atoms with Gasteiger partial charge in [0.2, 0.25) is 0 Å². The van der Waals surface area contributed by atoms with Crippen LogP contribution >= 0.6 is 0 Å². The van der Waals surface area contributed by atoms with Crippen molar-refractivity contribution in [3.63, 3.8) is 0 Å². The molecule has 6 heteroatoms. The number of aromatic carboxylic acids is 1. The molecule has 0 aliphatic heterocycles. The minimum atomic E-state index is -1.05. The van der Waals surface area contributed by atoms with Gasteiger partial charge in [-0.05, 0) is 24.6 Å². The number of ether oxygens (including phenoxy) is 2. The zero-order valence-electron chi connectivity index (χ0n) is 11.6. The van der Waals surface area contributed by atoms with Crippen LogP contribution in [0.4, 0.5) is 0 Å².